The third-order valence-electron chi connectivity index (χ3n) is 2.81. The van der Waals surface area contributed by atoms with E-state index in [-0.39, 0.29) is 11.5 Å². The summed E-state index contributed by atoms with van der Waals surface area (Å²) in [5, 5.41) is 23.2. The van der Waals surface area contributed by atoms with Crippen molar-refractivity contribution in [1.82, 2.24) is 4.73 Å². The van der Waals surface area contributed by atoms with Crippen molar-refractivity contribution in [3.63, 3.8) is 0 Å². The molecule has 4 nitrogen and oxygen atoms in total. The predicted octanol–water partition coefficient (Wildman–Crippen LogP) is 6.08. The van der Waals surface area contributed by atoms with Crippen LogP contribution in [0.1, 0.15) is 0 Å². The van der Waals surface area contributed by atoms with Crippen molar-refractivity contribution in [2.45, 2.75) is 0 Å². The molecule has 3 aromatic rings. The molecule has 0 aliphatic carbocycles. The molecule has 0 aliphatic heterocycles. The van der Waals surface area contributed by atoms with Gasteiger partial charge in [-0.05, 0) is 54.7 Å². The summed E-state index contributed by atoms with van der Waals surface area (Å²) < 4.78 is 6.35. The van der Waals surface area contributed by atoms with Gasteiger partial charge in [-0.1, -0.05) is 58.8 Å². The molecule has 0 N–H and O–H groups in total. The SMILES string of the molecule is [O-]c1cc(Cl)ccc1Oc1ccc(Cl)cc1Cl.[O-]n1ccccc1=S. The topological polar surface area (TPSA) is 60.3 Å². The number of aromatic nitrogens is 1. The van der Waals surface area contributed by atoms with Gasteiger partial charge in [-0.15, -0.1) is 0 Å². The van der Waals surface area contributed by atoms with Gasteiger partial charge in [0.25, 0.3) is 0 Å². The maximum atomic E-state index is 11.5. The van der Waals surface area contributed by atoms with Crippen LogP contribution < -0.4 is 9.84 Å². The summed E-state index contributed by atoms with van der Waals surface area (Å²) in [6, 6.07) is 14.1. The lowest BCUT2D eigenvalue weighted by Crippen LogP contribution is -1.94. The van der Waals surface area contributed by atoms with E-state index in [1.54, 1.807) is 42.5 Å². The number of halogens is 3. The van der Waals surface area contributed by atoms with Gasteiger partial charge in [-0.2, -0.15) is 0 Å². The van der Waals surface area contributed by atoms with Gasteiger partial charge in [0, 0.05) is 10.0 Å². The van der Waals surface area contributed by atoms with E-state index in [0.717, 1.165) is 0 Å². The van der Waals surface area contributed by atoms with Gasteiger partial charge in [0.15, 0.2) is 0 Å². The molecule has 2 aromatic carbocycles. The zero-order valence-corrected chi connectivity index (χ0v) is 15.6. The van der Waals surface area contributed by atoms with Crippen LogP contribution in [0.5, 0.6) is 17.2 Å². The predicted molar refractivity (Wildman–Crippen MR) is 101 cm³/mol. The van der Waals surface area contributed by atoms with Crippen LogP contribution in [0.15, 0.2) is 60.8 Å². The molecule has 3 rings (SSSR count). The van der Waals surface area contributed by atoms with Gasteiger partial charge in [-0.25, -0.2) is 0 Å². The molecule has 8 heteroatoms. The molecule has 130 valence electrons. The quantitative estimate of drug-likeness (QED) is 0.477. The Kier molecular flexibility index (Phi) is 6.96. The minimum Gasteiger partial charge on any atom is -0.870 e. The van der Waals surface area contributed by atoms with Crippen molar-refractivity contribution in [2.75, 3.05) is 0 Å². The first kappa shape index (κ1) is 19.4. The highest BCUT2D eigenvalue weighted by molar-refractivity contribution is 7.71. The van der Waals surface area contributed by atoms with Crippen LogP contribution >= 0.6 is 47.0 Å². The van der Waals surface area contributed by atoms with Crippen molar-refractivity contribution in [3.05, 3.63) is 85.7 Å². The van der Waals surface area contributed by atoms with E-state index in [0.29, 0.717) is 30.2 Å². The fraction of sp³-hybridized carbons (Fsp3) is 0. The van der Waals surface area contributed by atoms with E-state index in [4.69, 9.17) is 39.5 Å². The third kappa shape index (κ3) is 5.83. The zero-order chi connectivity index (χ0) is 18.4. The fourth-order valence-electron chi connectivity index (χ4n) is 1.66. The molecule has 0 spiro atoms. The average molecular weight is 415 g/mol. The van der Waals surface area contributed by atoms with Crippen LogP contribution in [-0.4, -0.2) is 4.73 Å². The Morgan fingerprint density at radius 2 is 1.52 bits per heavy atom. The van der Waals surface area contributed by atoms with Crippen LogP contribution in [0, 0.1) is 9.85 Å². The number of hydrogen-bond donors (Lipinski definition) is 0. The molecule has 0 fully saturated rings. The Hall–Kier alpha value is -1.92. The summed E-state index contributed by atoms with van der Waals surface area (Å²) in [5.74, 6) is 0.234. The Balaban J connectivity index is 0.000000236. The Labute approximate surface area is 164 Å². The van der Waals surface area contributed by atoms with Crippen molar-refractivity contribution >= 4 is 47.0 Å². The molecule has 0 amide bonds. The molecule has 25 heavy (non-hydrogen) atoms. The monoisotopic (exact) mass is 413 g/mol. The van der Waals surface area contributed by atoms with Crippen molar-refractivity contribution < 1.29 is 9.84 Å². The summed E-state index contributed by atoms with van der Waals surface area (Å²) >= 11 is 22.0. The molecule has 0 atom stereocenters. The van der Waals surface area contributed by atoms with E-state index in [1.807, 2.05) is 0 Å². The van der Waals surface area contributed by atoms with Crippen molar-refractivity contribution in [1.29, 1.82) is 0 Å². The van der Waals surface area contributed by atoms with Gasteiger partial charge in [-0.3, -0.25) is 0 Å². The van der Waals surface area contributed by atoms with Gasteiger partial charge in [0.2, 0.25) is 0 Å². The molecule has 0 aliphatic rings. The summed E-state index contributed by atoms with van der Waals surface area (Å²) in [6.45, 7) is 0. The van der Waals surface area contributed by atoms with Crippen LogP contribution in [0.3, 0.4) is 0 Å². The lowest BCUT2D eigenvalue weighted by atomic mass is 10.3. The second-order valence-corrected chi connectivity index (χ2v) is 6.33. The molecule has 1 heterocycles. The van der Waals surface area contributed by atoms with E-state index in [9.17, 15) is 10.3 Å². The normalized spacial score (nSPS) is 9.88. The minimum atomic E-state index is -0.302. The van der Waals surface area contributed by atoms with Crippen molar-refractivity contribution in [2.24, 2.45) is 0 Å². The number of rotatable bonds is 2. The first-order valence-electron chi connectivity index (χ1n) is 6.81. The van der Waals surface area contributed by atoms with Crippen LogP contribution in [0.25, 0.3) is 0 Å². The molecule has 0 unspecified atom stereocenters. The maximum absolute atomic E-state index is 11.5. The maximum Gasteiger partial charge on any atom is 0.146 e. The highest BCUT2D eigenvalue weighted by Crippen LogP contribution is 2.35. The lowest BCUT2D eigenvalue weighted by molar-refractivity contribution is -0.269. The number of benzene rings is 2. The molecule has 0 bridgehead atoms. The van der Waals surface area contributed by atoms with E-state index in [2.05, 4.69) is 12.2 Å². The molecular formula is C17H10Cl3NO3S-2. The third-order valence-corrected chi connectivity index (χ3v) is 3.89. The van der Waals surface area contributed by atoms with Crippen LogP contribution in [-0.2, 0) is 0 Å². The number of hydrogen-bond acceptors (Lipinski definition) is 4. The molecule has 0 radical (unpaired) electrons. The van der Waals surface area contributed by atoms with Crippen LogP contribution in [0.4, 0.5) is 0 Å². The standard InChI is InChI=1S/C12H7Cl3O2.C5H4NOS/c13-7-1-3-11(9(15)5-7)17-12-4-2-8(14)6-10(12)16;7-6-4-2-1-3-5(6)8/h1-6,16H;1-4H/q;-1/p-1. The molecular weight excluding hydrogens is 405 g/mol. The highest BCUT2D eigenvalue weighted by atomic mass is 35.5. The minimum absolute atomic E-state index is 0.165. The molecule has 0 saturated carbocycles. The number of nitrogens with zero attached hydrogens (tertiary/aromatic N) is 1. The Morgan fingerprint density at radius 1 is 0.880 bits per heavy atom. The zero-order valence-electron chi connectivity index (χ0n) is 12.5. The molecule has 0 saturated heterocycles. The summed E-state index contributed by atoms with van der Waals surface area (Å²) in [4.78, 5) is 0. The lowest BCUT2D eigenvalue weighted by Gasteiger charge is -2.15. The second-order valence-electron chi connectivity index (χ2n) is 4.63. The number of pyridine rings is 1. The van der Waals surface area contributed by atoms with Gasteiger partial charge < -0.3 is 19.8 Å². The second kappa shape index (κ2) is 8.97. The van der Waals surface area contributed by atoms with Gasteiger partial charge in [0.1, 0.15) is 16.1 Å². The first-order chi connectivity index (χ1) is 11.9. The Morgan fingerprint density at radius 3 is 2.04 bits per heavy atom. The highest BCUT2D eigenvalue weighted by Gasteiger charge is 2.04. The van der Waals surface area contributed by atoms with Gasteiger partial charge in [0.05, 0.1) is 5.02 Å². The summed E-state index contributed by atoms with van der Waals surface area (Å²) in [6.07, 6.45) is 1.38. The smallest absolute Gasteiger partial charge is 0.146 e. The van der Waals surface area contributed by atoms with Gasteiger partial charge >= 0.3 is 0 Å². The van der Waals surface area contributed by atoms with E-state index < -0.39 is 0 Å². The average Bonchev–Trinajstić information content (AvgIpc) is 2.56. The Bertz CT molecular complexity index is 882. The first-order valence-corrected chi connectivity index (χ1v) is 8.35. The van der Waals surface area contributed by atoms with E-state index >= 15 is 0 Å². The van der Waals surface area contributed by atoms with Crippen LogP contribution in [0.2, 0.25) is 15.1 Å². The van der Waals surface area contributed by atoms with E-state index in [1.165, 1.54) is 18.3 Å². The summed E-state index contributed by atoms with van der Waals surface area (Å²) in [7, 11) is 0. The number of ether oxygens (including phenoxy) is 1. The molecule has 1 aromatic heterocycles. The summed E-state index contributed by atoms with van der Waals surface area (Å²) in [5.41, 5.74) is 0. The largest absolute Gasteiger partial charge is 0.870 e. The fourth-order valence-corrected chi connectivity index (χ4v) is 2.40. The van der Waals surface area contributed by atoms with Crippen molar-refractivity contribution in [3.8, 4) is 17.2 Å².